The number of hydrogen-bond donors (Lipinski definition) is 1. The third kappa shape index (κ3) is 2.79. The van der Waals surface area contributed by atoms with Gasteiger partial charge < -0.3 is 9.88 Å². The van der Waals surface area contributed by atoms with Gasteiger partial charge in [-0.05, 0) is 32.2 Å². The van der Waals surface area contributed by atoms with Crippen LogP contribution in [0.15, 0.2) is 28.9 Å². The molecule has 2 rings (SSSR count). The Morgan fingerprint density at radius 2 is 2.22 bits per heavy atom. The van der Waals surface area contributed by atoms with Gasteiger partial charge in [-0.25, -0.2) is 9.37 Å². The van der Waals surface area contributed by atoms with Crippen LogP contribution in [0.1, 0.15) is 17.1 Å². The summed E-state index contributed by atoms with van der Waals surface area (Å²) in [5.41, 5.74) is 1.71. The summed E-state index contributed by atoms with van der Waals surface area (Å²) in [7, 11) is 1.88. The monoisotopic (exact) mass is 311 g/mol. The summed E-state index contributed by atoms with van der Waals surface area (Å²) in [5.74, 6) is 0.696. The number of nitrogens with one attached hydrogen (secondary N) is 1. The fourth-order valence-corrected chi connectivity index (χ4v) is 2.30. The highest BCUT2D eigenvalue weighted by Gasteiger charge is 2.09. The number of aryl methyl sites for hydroxylation is 1. The quantitative estimate of drug-likeness (QED) is 0.941. The molecular weight excluding hydrogens is 297 g/mol. The predicted octanol–water partition coefficient (Wildman–Crippen LogP) is 2.86. The molecule has 0 spiro atoms. The first kappa shape index (κ1) is 13.2. The van der Waals surface area contributed by atoms with E-state index in [0.717, 1.165) is 22.5 Å². The van der Waals surface area contributed by atoms with Crippen LogP contribution in [-0.2, 0) is 13.1 Å². The highest BCUT2D eigenvalue weighted by molar-refractivity contribution is 9.10. The molecule has 5 heteroatoms. The van der Waals surface area contributed by atoms with Crippen molar-refractivity contribution >= 4 is 15.9 Å². The van der Waals surface area contributed by atoms with E-state index in [1.54, 1.807) is 12.1 Å². The Kier molecular flexibility index (Phi) is 4.14. The summed E-state index contributed by atoms with van der Waals surface area (Å²) in [6.45, 7) is 3.14. The second-order valence-electron chi connectivity index (χ2n) is 4.15. The van der Waals surface area contributed by atoms with Crippen LogP contribution in [0, 0.1) is 12.7 Å². The second kappa shape index (κ2) is 5.63. The standard InChI is InChI=1S/C13H15BrFN3/c1-9-17-7-12(6-16-2)18(9)8-10-5-11(14)3-4-13(10)15/h3-5,7,16H,6,8H2,1-2H3. The van der Waals surface area contributed by atoms with Gasteiger partial charge >= 0.3 is 0 Å². The molecule has 1 heterocycles. The van der Waals surface area contributed by atoms with Crippen molar-refractivity contribution < 1.29 is 4.39 Å². The average molecular weight is 312 g/mol. The molecule has 0 aliphatic heterocycles. The van der Waals surface area contributed by atoms with E-state index in [4.69, 9.17) is 0 Å². The van der Waals surface area contributed by atoms with Crippen LogP contribution < -0.4 is 5.32 Å². The molecule has 0 aliphatic rings. The first-order valence-electron chi connectivity index (χ1n) is 5.71. The zero-order valence-corrected chi connectivity index (χ0v) is 12.0. The summed E-state index contributed by atoms with van der Waals surface area (Å²) in [4.78, 5) is 4.27. The van der Waals surface area contributed by atoms with E-state index < -0.39 is 0 Å². The van der Waals surface area contributed by atoms with Crippen molar-refractivity contribution in [3.63, 3.8) is 0 Å². The third-order valence-corrected chi connectivity index (χ3v) is 3.33. The molecular formula is C13H15BrFN3. The lowest BCUT2D eigenvalue weighted by molar-refractivity contribution is 0.588. The fraction of sp³-hybridized carbons (Fsp3) is 0.308. The normalized spacial score (nSPS) is 10.9. The van der Waals surface area contributed by atoms with Crippen molar-refractivity contribution in [1.82, 2.24) is 14.9 Å². The summed E-state index contributed by atoms with van der Waals surface area (Å²) >= 11 is 3.36. The highest BCUT2D eigenvalue weighted by atomic mass is 79.9. The number of halogens is 2. The molecule has 0 saturated heterocycles. The molecule has 1 N–H and O–H groups in total. The van der Waals surface area contributed by atoms with Crippen LogP contribution in [0.2, 0.25) is 0 Å². The van der Waals surface area contributed by atoms with Gasteiger partial charge in [0.2, 0.25) is 0 Å². The topological polar surface area (TPSA) is 29.9 Å². The van der Waals surface area contributed by atoms with Crippen molar-refractivity contribution in [2.24, 2.45) is 0 Å². The van der Waals surface area contributed by atoms with Gasteiger partial charge in [0.05, 0.1) is 12.2 Å². The van der Waals surface area contributed by atoms with E-state index in [-0.39, 0.29) is 5.82 Å². The Bertz CT molecular complexity index is 551. The van der Waals surface area contributed by atoms with Crippen molar-refractivity contribution in [3.05, 3.63) is 51.8 Å². The maximum Gasteiger partial charge on any atom is 0.128 e. The molecule has 2 aromatic rings. The van der Waals surface area contributed by atoms with E-state index in [0.29, 0.717) is 12.1 Å². The minimum Gasteiger partial charge on any atom is -0.326 e. The summed E-state index contributed by atoms with van der Waals surface area (Å²) in [6, 6.07) is 4.98. The van der Waals surface area contributed by atoms with Crippen LogP contribution in [0.4, 0.5) is 4.39 Å². The fourth-order valence-electron chi connectivity index (χ4n) is 1.89. The largest absolute Gasteiger partial charge is 0.326 e. The van der Waals surface area contributed by atoms with Gasteiger partial charge in [-0.15, -0.1) is 0 Å². The van der Waals surface area contributed by atoms with Gasteiger partial charge in [0.25, 0.3) is 0 Å². The van der Waals surface area contributed by atoms with Gasteiger partial charge in [0, 0.05) is 22.8 Å². The molecule has 0 aliphatic carbocycles. The van der Waals surface area contributed by atoms with Crippen molar-refractivity contribution in [2.75, 3.05) is 7.05 Å². The molecule has 0 amide bonds. The third-order valence-electron chi connectivity index (χ3n) is 2.83. The number of imidazole rings is 1. The number of rotatable bonds is 4. The van der Waals surface area contributed by atoms with Gasteiger partial charge in [-0.1, -0.05) is 15.9 Å². The van der Waals surface area contributed by atoms with E-state index in [1.807, 2.05) is 24.7 Å². The zero-order valence-electron chi connectivity index (χ0n) is 10.4. The number of nitrogens with zero attached hydrogens (tertiary/aromatic N) is 2. The van der Waals surface area contributed by atoms with Crippen LogP contribution >= 0.6 is 15.9 Å². The molecule has 0 atom stereocenters. The molecule has 0 fully saturated rings. The Morgan fingerprint density at radius 3 is 2.94 bits per heavy atom. The van der Waals surface area contributed by atoms with Crippen LogP contribution in [0.25, 0.3) is 0 Å². The number of hydrogen-bond acceptors (Lipinski definition) is 2. The van der Waals surface area contributed by atoms with Crippen molar-refractivity contribution in [3.8, 4) is 0 Å². The maximum atomic E-state index is 13.7. The molecule has 1 aromatic carbocycles. The minimum absolute atomic E-state index is 0.193. The Balaban J connectivity index is 2.33. The molecule has 0 unspecified atom stereocenters. The predicted molar refractivity (Wildman–Crippen MR) is 72.9 cm³/mol. The van der Waals surface area contributed by atoms with Gasteiger partial charge in [-0.2, -0.15) is 0 Å². The van der Waals surface area contributed by atoms with Crippen LogP contribution in [0.3, 0.4) is 0 Å². The van der Waals surface area contributed by atoms with Crippen molar-refractivity contribution in [1.29, 1.82) is 0 Å². The Hall–Kier alpha value is -1.20. The van der Waals surface area contributed by atoms with Gasteiger partial charge in [0.15, 0.2) is 0 Å². The lowest BCUT2D eigenvalue weighted by Gasteiger charge is -2.11. The maximum absolute atomic E-state index is 13.7. The van der Waals surface area contributed by atoms with E-state index in [1.165, 1.54) is 6.07 Å². The molecule has 0 radical (unpaired) electrons. The van der Waals surface area contributed by atoms with Crippen LogP contribution in [-0.4, -0.2) is 16.6 Å². The lowest BCUT2D eigenvalue weighted by atomic mass is 10.2. The van der Waals surface area contributed by atoms with E-state index in [9.17, 15) is 4.39 Å². The Labute approximate surface area is 114 Å². The molecule has 0 bridgehead atoms. The highest BCUT2D eigenvalue weighted by Crippen LogP contribution is 2.18. The molecule has 3 nitrogen and oxygen atoms in total. The Morgan fingerprint density at radius 1 is 1.44 bits per heavy atom. The smallest absolute Gasteiger partial charge is 0.128 e. The van der Waals surface area contributed by atoms with Crippen molar-refractivity contribution in [2.45, 2.75) is 20.0 Å². The first-order chi connectivity index (χ1) is 8.61. The zero-order chi connectivity index (χ0) is 13.1. The van der Waals surface area contributed by atoms with Gasteiger partial charge in [-0.3, -0.25) is 0 Å². The second-order valence-corrected chi connectivity index (χ2v) is 5.06. The SMILES string of the molecule is CNCc1cnc(C)n1Cc1cc(Br)ccc1F. The van der Waals surface area contributed by atoms with E-state index >= 15 is 0 Å². The lowest BCUT2D eigenvalue weighted by Crippen LogP contribution is -2.13. The molecule has 18 heavy (non-hydrogen) atoms. The minimum atomic E-state index is -0.193. The molecule has 0 saturated carbocycles. The summed E-state index contributed by atoms with van der Waals surface area (Å²) < 4.78 is 16.6. The molecule has 96 valence electrons. The molecule has 1 aromatic heterocycles. The number of aromatic nitrogens is 2. The first-order valence-corrected chi connectivity index (χ1v) is 6.50. The average Bonchev–Trinajstić information content (AvgIpc) is 2.67. The summed E-state index contributed by atoms with van der Waals surface area (Å²) in [5, 5.41) is 3.09. The van der Waals surface area contributed by atoms with E-state index in [2.05, 4.69) is 26.2 Å². The van der Waals surface area contributed by atoms with Gasteiger partial charge in [0.1, 0.15) is 11.6 Å². The number of benzene rings is 1. The summed E-state index contributed by atoms with van der Waals surface area (Å²) in [6.07, 6.45) is 1.82. The van der Waals surface area contributed by atoms with Crippen LogP contribution in [0.5, 0.6) is 0 Å².